The third-order valence-electron chi connectivity index (χ3n) is 3.18. The van der Waals surface area contributed by atoms with Gasteiger partial charge in [0.05, 0.1) is 5.56 Å². The lowest BCUT2D eigenvalue weighted by Crippen LogP contribution is -2.04. The van der Waals surface area contributed by atoms with E-state index in [1.54, 1.807) is 18.2 Å². The molecule has 0 unspecified atom stereocenters. The summed E-state index contributed by atoms with van der Waals surface area (Å²) in [6.45, 7) is 2.86. The number of rotatable bonds is 5. The molecule has 104 valence electrons. The summed E-state index contributed by atoms with van der Waals surface area (Å²) >= 11 is 3.28. The lowest BCUT2D eigenvalue weighted by atomic mass is 10.1. The van der Waals surface area contributed by atoms with Gasteiger partial charge in [-0.15, -0.1) is 0 Å². The molecule has 0 heterocycles. The minimum atomic E-state index is -0.931. The Morgan fingerprint density at radius 2 is 1.90 bits per heavy atom. The number of carboxylic acid groups (broad SMARTS) is 1. The summed E-state index contributed by atoms with van der Waals surface area (Å²) in [4.78, 5) is 10.9. The normalized spacial score (nSPS) is 10.3. The third-order valence-corrected chi connectivity index (χ3v) is 3.84. The minimum Gasteiger partial charge on any atom is -0.478 e. The first-order valence-electron chi connectivity index (χ1n) is 6.45. The molecular weight excluding hydrogens is 318 g/mol. The van der Waals surface area contributed by atoms with E-state index < -0.39 is 5.97 Å². The van der Waals surface area contributed by atoms with Crippen molar-refractivity contribution in [1.29, 1.82) is 0 Å². The van der Waals surface area contributed by atoms with E-state index in [1.165, 1.54) is 11.1 Å². The highest BCUT2D eigenvalue weighted by Crippen LogP contribution is 2.22. The first-order chi connectivity index (χ1) is 9.61. The summed E-state index contributed by atoms with van der Waals surface area (Å²) in [6.07, 6.45) is 1.000. The van der Waals surface area contributed by atoms with Gasteiger partial charge in [0.15, 0.2) is 0 Å². The second-order valence-electron chi connectivity index (χ2n) is 4.48. The highest BCUT2D eigenvalue weighted by Gasteiger charge is 2.08. The van der Waals surface area contributed by atoms with E-state index in [0.29, 0.717) is 4.47 Å². The van der Waals surface area contributed by atoms with Crippen molar-refractivity contribution >= 4 is 27.6 Å². The van der Waals surface area contributed by atoms with E-state index >= 15 is 0 Å². The zero-order chi connectivity index (χ0) is 14.5. The molecule has 2 aromatic carbocycles. The van der Waals surface area contributed by atoms with Crippen molar-refractivity contribution in [2.24, 2.45) is 0 Å². The van der Waals surface area contributed by atoms with Crippen molar-refractivity contribution in [2.75, 3.05) is 5.32 Å². The zero-order valence-electron chi connectivity index (χ0n) is 11.2. The highest BCUT2D eigenvalue weighted by atomic mass is 79.9. The molecule has 0 aliphatic rings. The van der Waals surface area contributed by atoms with Crippen molar-refractivity contribution in [2.45, 2.75) is 19.9 Å². The molecule has 0 aliphatic heterocycles. The standard InChI is InChI=1S/C16H16BrNO2/c1-2-11-5-3-4-6-12(11)10-18-13-7-8-14(16(19)20)15(17)9-13/h3-9,18H,2,10H2,1H3,(H,19,20). The SMILES string of the molecule is CCc1ccccc1CNc1ccc(C(=O)O)c(Br)c1. The van der Waals surface area contributed by atoms with Crippen molar-refractivity contribution in [3.63, 3.8) is 0 Å². The molecule has 0 saturated heterocycles. The maximum absolute atomic E-state index is 10.9. The number of benzene rings is 2. The Kier molecular flexibility index (Phi) is 4.79. The van der Waals surface area contributed by atoms with Crippen molar-refractivity contribution in [1.82, 2.24) is 0 Å². The molecule has 0 saturated carbocycles. The fraction of sp³-hybridized carbons (Fsp3) is 0.188. The molecule has 0 aromatic heterocycles. The minimum absolute atomic E-state index is 0.268. The fourth-order valence-corrected chi connectivity index (χ4v) is 2.62. The number of hydrogen-bond donors (Lipinski definition) is 2. The Hall–Kier alpha value is -1.81. The molecule has 0 radical (unpaired) electrons. The molecule has 0 aliphatic carbocycles. The van der Waals surface area contributed by atoms with Gasteiger partial charge in [-0.25, -0.2) is 4.79 Å². The highest BCUT2D eigenvalue weighted by molar-refractivity contribution is 9.10. The Balaban J connectivity index is 2.11. The van der Waals surface area contributed by atoms with Gasteiger partial charge < -0.3 is 10.4 Å². The summed E-state index contributed by atoms with van der Waals surface area (Å²) < 4.78 is 0.582. The molecule has 4 heteroatoms. The number of carbonyl (C=O) groups is 1. The van der Waals surface area contributed by atoms with Crippen LogP contribution in [0.3, 0.4) is 0 Å². The van der Waals surface area contributed by atoms with E-state index in [-0.39, 0.29) is 5.56 Å². The summed E-state index contributed by atoms with van der Waals surface area (Å²) in [5, 5.41) is 12.3. The van der Waals surface area contributed by atoms with Gasteiger partial charge >= 0.3 is 5.97 Å². The Labute approximate surface area is 126 Å². The van der Waals surface area contributed by atoms with Gasteiger partial charge in [-0.2, -0.15) is 0 Å². The number of halogens is 1. The molecule has 20 heavy (non-hydrogen) atoms. The van der Waals surface area contributed by atoms with Gasteiger partial charge in [-0.05, 0) is 51.7 Å². The number of hydrogen-bond acceptors (Lipinski definition) is 2. The molecule has 0 fully saturated rings. The molecule has 0 amide bonds. The van der Waals surface area contributed by atoms with Crippen LogP contribution in [0, 0.1) is 0 Å². The largest absolute Gasteiger partial charge is 0.478 e. The van der Waals surface area contributed by atoms with Crippen LogP contribution in [0.1, 0.15) is 28.4 Å². The van der Waals surface area contributed by atoms with Gasteiger partial charge in [0.2, 0.25) is 0 Å². The van der Waals surface area contributed by atoms with Crippen LogP contribution in [-0.4, -0.2) is 11.1 Å². The van der Waals surface area contributed by atoms with E-state index in [9.17, 15) is 4.79 Å². The second-order valence-corrected chi connectivity index (χ2v) is 5.33. The van der Waals surface area contributed by atoms with Gasteiger partial charge in [-0.3, -0.25) is 0 Å². The van der Waals surface area contributed by atoms with Crippen LogP contribution in [0.25, 0.3) is 0 Å². The molecule has 2 rings (SSSR count). The average molecular weight is 334 g/mol. The van der Waals surface area contributed by atoms with Gasteiger partial charge in [0, 0.05) is 16.7 Å². The van der Waals surface area contributed by atoms with E-state index in [0.717, 1.165) is 18.7 Å². The lowest BCUT2D eigenvalue weighted by Gasteiger charge is -2.11. The zero-order valence-corrected chi connectivity index (χ0v) is 12.8. The fourth-order valence-electron chi connectivity index (χ4n) is 2.07. The summed E-state index contributed by atoms with van der Waals surface area (Å²) in [7, 11) is 0. The van der Waals surface area contributed by atoms with Crippen LogP contribution in [0.4, 0.5) is 5.69 Å². The molecule has 0 bridgehead atoms. The van der Waals surface area contributed by atoms with E-state index in [2.05, 4.69) is 40.3 Å². The lowest BCUT2D eigenvalue weighted by molar-refractivity contribution is 0.0696. The average Bonchev–Trinajstić information content (AvgIpc) is 2.45. The third kappa shape index (κ3) is 3.39. The first-order valence-corrected chi connectivity index (χ1v) is 7.24. The molecule has 0 atom stereocenters. The van der Waals surface area contributed by atoms with Crippen molar-refractivity contribution in [3.8, 4) is 0 Å². The Morgan fingerprint density at radius 1 is 1.20 bits per heavy atom. The molecule has 0 spiro atoms. The quantitative estimate of drug-likeness (QED) is 0.856. The van der Waals surface area contributed by atoms with Crippen LogP contribution < -0.4 is 5.32 Å². The summed E-state index contributed by atoms with van der Waals surface area (Å²) in [6, 6.07) is 13.5. The smallest absolute Gasteiger partial charge is 0.336 e. The van der Waals surface area contributed by atoms with Gasteiger partial charge in [-0.1, -0.05) is 31.2 Å². The summed E-state index contributed by atoms with van der Waals surface area (Å²) in [5.41, 5.74) is 3.74. The van der Waals surface area contributed by atoms with Crippen LogP contribution >= 0.6 is 15.9 Å². The number of anilines is 1. The summed E-state index contributed by atoms with van der Waals surface area (Å²) in [5.74, 6) is -0.931. The maximum atomic E-state index is 10.9. The molecule has 2 aromatic rings. The van der Waals surface area contributed by atoms with Gasteiger partial charge in [0.25, 0.3) is 0 Å². The molecule has 3 nitrogen and oxygen atoms in total. The number of nitrogens with one attached hydrogen (secondary N) is 1. The van der Waals surface area contributed by atoms with Crippen LogP contribution in [0.15, 0.2) is 46.9 Å². The van der Waals surface area contributed by atoms with E-state index in [4.69, 9.17) is 5.11 Å². The van der Waals surface area contributed by atoms with Crippen LogP contribution in [0.5, 0.6) is 0 Å². The van der Waals surface area contributed by atoms with Crippen LogP contribution in [-0.2, 0) is 13.0 Å². The predicted octanol–water partition coefficient (Wildman–Crippen LogP) is 4.32. The van der Waals surface area contributed by atoms with Crippen LogP contribution in [0.2, 0.25) is 0 Å². The number of carboxylic acids is 1. The second kappa shape index (κ2) is 6.57. The maximum Gasteiger partial charge on any atom is 0.336 e. The van der Waals surface area contributed by atoms with Gasteiger partial charge in [0.1, 0.15) is 0 Å². The monoisotopic (exact) mass is 333 g/mol. The number of aryl methyl sites for hydroxylation is 1. The Morgan fingerprint density at radius 3 is 2.50 bits per heavy atom. The van der Waals surface area contributed by atoms with Crippen molar-refractivity contribution < 1.29 is 9.90 Å². The topological polar surface area (TPSA) is 49.3 Å². The van der Waals surface area contributed by atoms with E-state index in [1.807, 2.05) is 12.1 Å². The Bertz CT molecular complexity index is 626. The first kappa shape index (κ1) is 14.6. The molecule has 2 N–H and O–H groups in total. The number of aromatic carboxylic acids is 1. The molecular formula is C16H16BrNO2. The van der Waals surface area contributed by atoms with Crippen molar-refractivity contribution in [3.05, 3.63) is 63.6 Å². The predicted molar refractivity (Wildman–Crippen MR) is 84.2 cm³/mol.